The topological polar surface area (TPSA) is 68.1 Å². The first kappa shape index (κ1) is 20.3. The van der Waals surface area contributed by atoms with Crippen LogP contribution in [0.5, 0.6) is 0 Å². The third-order valence-electron chi connectivity index (χ3n) is 5.17. The van der Waals surface area contributed by atoms with E-state index in [1.54, 1.807) is 6.20 Å². The van der Waals surface area contributed by atoms with E-state index < -0.39 is 9.84 Å². The molecule has 0 aromatic carbocycles. The minimum Gasteiger partial charge on any atom is -0.298 e. The Bertz CT molecular complexity index is 910. The third kappa shape index (κ3) is 4.70. The van der Waals surface area contributed by atoms with E-state index in [1.807, 2.05) is 6.20 Å². The van der Waals surface area contributed by atoms with E-state index in [0.29, 0.717) is 10.7 Å². The van der Waals surface area contributed by atoms with Gasteiger partial charge < -0.3 is 0 Å². The molecule has 148 valence electrons. The molecule has 0 radical (unpaired) electrons. The zero-order valence-electron chi connectivity index (χ0n) is 16.2. The summed E-state index contributed by atoms with van der Waals surface area (Å²) in [7, 11) is -3.37. The zero-order valence-corrected chi connectivity index (χ0v) is 17.7. The smallest absolute Gasteiger partial charge is 0.177 e. The number of aromatic nitrogens is 3. The zero-order chi connectivity index (χ0) is 19.6. The van der Waals surface area contributed by atoms with Crippen molar-refractivity contribution in [3.05, 3.63) is 40.4 Å². The molecule has 1 aliphatic rings. The van der Waals surface area contributed by atoms with Crippen LogP contribution in [-0.4, -0.2) is 47.4 Å². The van der Waals surface area contributed by atoms with Crippen molar-refractivity contribution in [3.8, 4) is 0 Å². The monoisotopic (exact) mass is 410 g/mol. The summed E-state index contributed by atoms with van der Waals surface area (Å²) in [5, 5.41) is 4.84. The van der Waals surface area contributed by atoms with Gasteiger partial charge >= 0.3 is 0 Å². The van der Waals surface area contributed by atoms with Gasteiger partial charge in [-0.05, 0) is 38.8 Å². The van der Waals surface area contributed by atoms with E-state index in [4.69, 9.17) is 11.6 Å². The van der Waals surface area contributed by atoms with E-state index in [9.17, 15) is 8.42 Å². The van der Waals surface area contributed by atoms with Gasteiger partial charge in [-0.3, -0.25) is 14.6 Å². The minimum atomic E-state index is -3.37. The molecule has 2 aromatic heterocycles. The first-order valence-electron chi connectivity index (χ1n) is 9.38. The highest BCUT2D eigenvalue weighted by atomic mass is 35.5. The molecule has 1 atom stereocenters. The number of aryl methyl sites for hydroxylation is 1. The largest absolute Gasteiger partial charge is 0.298 e. The van der Waals surface area contributed by atoms with Gasteiger partial charge in [-0.25, -0.2) is 8.42 Å². The van der Waals surface area contributed by atoms with Gasteiger partial charge in [-0.15, -0.1) is 0 Å². The number of hydrogen-bond acceptors (Lipinski definition) is 5. The molecule has 1 aliphatic heterocycles. The van der Waals surface area contributed by atoms with Crippen LogP contribution >= 0.6 is 11.6 Å². The molecule has 0 N–H and O–H groups in total. The second kappa shape index (κ2) is 8.29. The van der Waals surface area contributed by atoms with Crippen LogP contribution in [0.15, 0.2) is 23.4 Å². The first-order valence-corrected chi connectivity index (χ1v) is 11.7. The lowest BCUT2D eigenvalue weighted by molar-refractivity contribution is 0.197. The first-order chi connectivity index (χ1) is 12.8. The van der Waals surface area contributed by atoms with E-state index in [1.165, 1.54) is 23.6 Å². The van der Waals surface area contributed by atoms with Crippen molar-refractivity contribution in [2.75, 3.05) is 19.3 Å². The van der Waals surface area contributed by atoms with Crippen molar-refractivity contribution < 1.29 is 8.42 Å². The molecular weight excluding hydrogens is 384 g/mol. The number of piperidine rings is 1. The molecule has 3 heterocycles. The molecule has 6 nitrogen and oxygen atoms in total. The minimum absolute atomic E-state index is 0.0896. The van der Waals surface area contributed by atoms with Gasteiger partial charge in [-0.2, -0.15) is 5.10 Å². The highest BCUT2D eigenvalue weighted by molar-refractivity contribution is 7.90. The summed E-state index contributed by atoms with van der Waals surface area (Å²) in [6, 6.07) is 1.52. The lowest BCUT2D eigenvalue weighted by Gasteiger charge is -2.33. The van der Waals surface area contributed by atoms with Crippen molar-refractivity contribution in [2.24, 2.45) is 0 Å². The van der Waals surface area contributed by atoms with Crippen molar-refractivity contribution >= 4 is 21.4 Å². The maximum Gasteiger partial charge on any atom is 0.177 e. The summed E-state index contributed by atoms with van der Waals surface area (Å²) >= 11 is 6.00. The highest BCUT2D eigenvalue weighted by Gasteiger charge is 2.28. The van der Waals surface area contributed by atoms with Gasteiger partial charge in [0.25, 0.3) is 0 Å². The molecule has 8 heteroatoms. The average Bonchev–Trinajstić information content (AvgIpc) is 2.95. The Kier molecular flexibility index (Phi) is 6.23. The van der Waals surface area contributed by atoms with E-state index in [0.717, 1.165) is 45.4 Å². The van der Waals surface area contributed by atoms with E-state index in [2.05, 4.69) is 33.5 Å². The Hall–Kier alpha value is -1.44. The molecule has 0 amide bonds. The summed E-state index contributed by atoms with van der Waals surface area (Å²) in [5.41, 5.74) is 3.09. The molecule has 1 fully saturated rings. The Balaban J connectivity index is 1.79. The van der Waals surface area contributed by atoms with Gasteiger partial charge in [-0.1, -0.05) is 18.5 Å². The van der Waals surface area contributed by atoms with Crippen LogP contribution in [0, 0.1) is 6.92 Å². The van der Waals surface area contributed by atoms with Gasteiger partial charge in [0.05, 0.1) is 21.8 Å². The van der Waals surface area contributed by atoms with Crippen molar-refractivity contribution in [1.82, 2.24) is 19.7 Å². The predicted octanol–water partition coefficient (Wildman–Crippen LogP) is 3.43. The molecule has 27 heavy (non-hydrogen) atoms. The molecule has 2 aromatic rings. The van der Waals surface area contributed by atoms with Crippen molar-refractivity contribution in [3.63, 3.8) is 0 Å². The maximum absolute atomic E-state index is 12.2. The van der Waals surface area contributed by atoms with Crippen LogP contribution < -0.4 is 0 Å². The fourth-order valence-corrected chi connectivity index (χ4v) is 4.94. The number of pyridine rings is 1. The molecule has 0 saturated carbocycles. The summed E-state index contributed by atoms with van der Waals surface area (Å²) in [6.45, 7) is 7.80. The van der Waals surface area contributed by atoms with Gasteiger partial charge in [0.1, 0.15) is 0 Å². The fraction of sp³-hybridized carbons (Fsp3) is 0.579. The van der Waals surface area contributed by atoms with Gasteiger partial charge in [0.15, 0.2) is 9.84 Å². The van der Waals surface area contributed by atoms with Crippen molar-refractivity contribution in [1.29, 1.82) is 0 Å². The van der Waals surface area contributed by atoms with Crippen LogP contribution in [0.3, 0.4) is 0 Å². The van der Waals surface area contributed by atoms with Gasteiger partial charge in [0, 0.05) is 49.3 Å². The molecular formula is C19H27ClN4O2S. The molecule has 0 bridgehead atoms. The summed E-state index contributed by atoms with van der Waals surface area (Å²) in [5.74, 6) is 0.0896. The number of halogens is 1. The molecule has 3 rings (SSSR count). The lowest BCUT2D eigenvalue weighted by Crippen LogP contribution is -2.34. The summed E-state index contributed by atoms with van der Waals surface area (Å²) in [4.78, 5) is 7.03. The third-order valence-corrected chi connectivity index (χ3v) is 6.51. The Labute approximate surface area is 166 Å². The Morgan fingerprint density at radius 1 is 1.33 bits per heavy atom. The standard InChI is InChI=1S/C19H27ClN4O2S/c1-4-7-24-14(2)16(10-22-24)13-23-8-5-6-15(12-23)19-18(27(3,25)26)9-17(20)11-21-19/h9-11,15H,4-8,12-13H2,1-3H3. The number of hydrogen-bond donors (Lipinski definition) is 0. The normalized spacial score (nSPS) is 18.7. The number of likely N-dealkylation sites (tertiary alicyclic amines) is 1. The summed E-state index contributed by atoms with van der Waals surface area (Å²) < 4.78 is 26.5. The number of nitrogens with zero attached hydrogens (tertiary/aromatic N) is 4. The second-order valence-corrected chi connectivity index (χ2v) is 9.78. The lowest BCUT2D eigenvalue weighted by atomic mass is 9.94. The highest BCUT2D eigenvalue weighted by Crippen LogP contribution is 2.32. The molecule has 1 unspecified atom stereocenters. The predicted molar refractivity (Wildman–Crippen MR) is 107 cm³/mol. The maximum atomic E-state index is 12.2. The molecule has 0 aliphatic carbocycles. The van der Waals surface area contributed by atoms with E-state index >= 15 is 0 Å². The van der Waals surface area contributed by atoms with Crippen LogP contribution in [-0.2, 0) is 22.9 Å². The second-order valence-electron chi connectivity index (χ2n) is 7.36. The molecule has 1 saturated heterocycles. The van der Waals surface area contributed by atoms with E-state index in [-0.39, 0.29) is 10.8 Å². The van der Waals surface area contributed by atoms with Crippen LogP contribution in [0.1, 0.15) is 49.1 Å². The molecule has 0 spiro atoms. The van der Waals surface area contributed by atoms with Crippen molar-refractivity contribution in [2.45, 2.75) is 57.0 Å². The van der Waals surface area contributed by atoms with Crippen LogP contribution in [0.25, 0.3) is 0 Å². The fourth-order valence-electron chi connectivity index (χ4n) is 3.78. The Morgan fingerprint density at radius 2 is 2.11 bits per heavy atom. The quantitative estimate of drug-likeness (QED) is 0.729. The average molecular weight is 411 g/mol. The number of sulfone groups is 1. The number of rotatable bonds is 6. The van der Waals surface area contributed by atoms with Crippen LogP contribution in [0.2, 0.25) is 5.02 Å². The van der Waals surface area contributed by atoms with Gasteiger partial charge in [0.2, 0.25) is 0 Å². The Morgan fingerprint density at radius 3 is 2.81 bits per heavy atom. The van der Waals surface area contributed by atoms with Crippen LogP contribution in [0.4, 0.5) is 0 Å². The SMILES string of the molecule is CCCn1ncc(CN2CCCC(c3ncc(Cl)cc3S(C)(=O)=O)C2)c1C. The summed E-state index contributed by atoms with van der Waals surface area (Å²) in [6.07, 6.45) is 7.72.